The second-order valence-electron chi connectivity index (χ2n) is 4.71. The molecule has 1 amide bonds. The van der Waals surface area contributed by atoms with E-state index in [4.69, 9.17) is 0 Å². The van der Waals surface area contributed by atoms with E-state index in [9.17, 15) is 13.2 Å². The molecule has 0 unspecified atom stereocenters. The number of carbonyl (C=O) groups is 1. The number of amides is 1. The fourth-order valence-corrected chi connectivity index (χ4v) is 2.94. The number of hydrogen-bond acceptors (Lipinski definition) is 3. The van der Waals surface area contributed by atoms with E-state index in [0.29, 0.717) is 16.9 Å². The molecule has 0 aliphatic heterocycles. The summed E-state index contributed by atoms with van der Waals surface area (Å²) in [6, 6.07) is 14.0. The van der Waals surface area contributed by atoms with E-state index < -0.39 is 10.0 Å². The van der Waals surface area contributed by atoms with Gasteiger partial charge in [0.15, 0.2) is 0 Å². The number of halogens is 1. The van der Waals surface area contributed by atoms with Gasteiger partial charge < -0.3 is 5.32 Å². The summed E-state index contributed by atoms with van der Waals surface area (Å²) < 4.78 is 25.1. The average molecular weight is 430 g/mol. The highest BCUT2D eigenvalue weighted by Crippen LogP contribution is 2.21. The van der Waals surface area contributed by atoms with Crippen molar-refractivity contribution in [3.63, 3.8) is 0 Å². The Hall–Kier alpha value is -1.61. The highest BCUT2D eigenvalue weighted by molar-refractivity contribution is 14.1. The lowest BCUT2D eigenvalue weighted by Crippen LogP contribution is -2.24. The van der Waals surface area contributed by atoms with Gasteiger partial charge in [-0.1, -0.05) is 18.2 Å². The maximum absolute atomic E-state index is 12.3. The molecule has 0 atom stereocenters. The third-order valence-electron chi connectivity index (χ3n) is 3.08. The fraction of sp³-hybridized carbons (Fsp3) is 0.133. The first-order chi connectivity index (χ1) is 10.3. The molecule has 0 bridgehead atoms. The zero-order chi connectivity index (χ0) is 16.3. The van der Waals surface area contributed by atoms with Crippen molar-refractivity contribution >= 4 is 49.9 Å². The molecule has 1 N–H and O–H groups in total. The molecule has 0 saturated carbocycles. The van der Waals surface area contributed by atoms with E-state index in [0.717, 1.165) is 14.1 Å². The van der Waals surface area contributed by atoms with Gasteiger partial charge in [-0.2, -0.15) is 0 Å². The van der Waals surface area contributed by atoms with Gasteiger partial charge in [-0.3, -0.25) is 9.10 Å². The lowest BCUT2D eigenvalue weighted by molar-refractivity contribution is 0.102. The topological polar surface area (TPSA) is 66.5 Å². The van der Waals surface area contributed by atoms with E-state index >= 15 is 0 Å². The molecule has 0 aliphatic carbocycles. The standard InChI is InChI=1S/C15H15IN2O3S/c1-18(22(2,20)21)12-7-5-6-11(10-12)17-15(19)13-8-3-4-9-14(13)16/h3-10H,1-2H3,(H,17,19). The third kappa shape index (κ3) is 3.98. The van der Waals surface area contributed by atoms with E-state index in [1.807, 2.05) is 12.1 Å². The third-order valence-corrected chi connectivity index (χ3v) is 5.23. The van der Waals surface area contributed by atoms with Crippen LogP contribution >= 0.6 is 22.6 Å². The van der Waals surface area contributed by atoms with Crippen molar-refractivity contribution < 1.29 is 13.2 Å². The van der Waals surface area contributed by atoms with Crippen molar-refractivity contribution in [1.29, 1.82) is 0 Å². The van der Waals surface area contributed by atoms with Crippen molar-refractivity contribution in [1.82, 2.24) is 0 Å². The van der Waals surface area contributed by atoms with E-state index in [1.54, 1.807) is 36.4 Å². The number of rotatable bonds is 4. The first kappa shape index (κ1) is 16.8. The van der Waals surface area contributed by atoms with Crippen LogP contribution in [0.25, 0.3) is 0 Å². The summed E-state index contributed by atoms with van der Waals surface area (Å²) in [6.45, 7) is 0. The molecule has 22 heavy (non-hydrogen) atoms. The lowest BCUT2D eigenvalue weighted by Gasteiger charge is -2.17. The van der Waals surface area contributed by atoms with Crippen molar-refractivity contribution in [2.24, 2.45) is 0 Å². The Kier molecular flexibility index (Phi) is 5.07. The Bertz CT molecular complexity index is 806. The molecule has 0 heterocycles. The number of hydrogen-bond donors (Lipinski definition) is 1. The zero-order valence-electron chi connectivity index (χ0n) is 12.1. The van der Waals surface area contributed by atoms with Crippen molar-refractivity contribution in [3.8, 4) is 0 Å². The van der Waals surface area contributed by atoms with Gasteiger partial charge in [-0.15, -0.1) is 0 Å². The summed E-state index contributed by atoms with van der Waals surface area (Å²) in [5.41, 5.74) is 1.60. The van der Waals surface area contributed by atoms with E-state index in [1.165, 1.54) is 7.05 Å². The summed E-state index contributed by atoms with van der Waals surface area (Å²) in [4.78, 5) is 12.3. The summed E-state index contributed by atoms with van der Waals surface area (Å²) in [6.07, 6.45) is 1.13. The first-order valence-electron chi connectivity index (χ1n) is 6.39. The summed E-state index contributed by atoms with van der Waals surface area (Å²) >= 11 is 2.10. The van der Waals surface area contributed by atoms with Crippen LogP contribution in [0.15, 0.2) is 48.5 Å². The summed E-state index contributed by atoms with van der Waals surface area (Å²) in [5, 5.41) is 2.78. The number of nitrogens with zero attached hydrogens (tertiary/aromatic N) is 1. The molecule has 0 aliphatic rings. The fourth-order valence-electron chi connectivity index (χ4n) is 1.81. The minimum absolute atomic E-state index is 0.232. The van der Waals surface area contributed by atoms with Crippen LogP contribution in [-0.4, -0.2) is 27.6 Å². The highest BCUT2D eigenvalue weighted by atomic mass is 127. The molecule has 2 aromatic carbocycles. The normalized spacial score (nSPS) is 11.0. The number of carbonyl (C=O) groups excluding carboxylic acids is 1. The van der Waals surface area contributed by atoms with Gasteiger partial charge in [0.25, 0.3) is 5.91 Å². The first-order valence-corrected chi connectivity index (χ1v) is 9.31. The van der Waals surface area contributed by atoms with Gasteiger partial charge in [0, 0.05) is 16.3 Å². The minimum Gasteiger partial charge on any atom is -0.322 e. The number of benzene rings is 2. The van der Waals surface area contributed by atoms with Crippen molar-refractivity contribution in [2.45, 2.75) is 0 Å². The number of sulfonamides is 1. The Morgan fingerprint density at radius 2 is 1.82 bits per heavy atom. The molecule has 116 valence electrons. The van der Waals surface area contributed by atoms with Crippen LogP contribution in [0.5, 0.6) is 0 Å². The van der Waals surface area contributed by atoms with Gasteiger partial charge in [-0.05, 0) is 52.9 Å². The Labute approximate surface area is 143 Å². The van der Waals surface area contributed by atoms with Crippen molar-refractivity contribution in [3.05, 3.63) is 57.7 Å². The van der Waals surface area contributed by atoms with E-state index in [2.05, 4.69) is 27.9 Å². The molecule has 2 aromatic rings. The Morgan fingerprint density at radius 1 is 1.14 bits per heavy atom. The molecular formula is C15H15IN2O3S. The van der Waals surface area contributed by atoms with Crippen molar-refractivity contribution in [2.75, 3.05) is 22.9 Å². The second kappa shape index (κ2) is 6.66. The van der Waals surface area contributed by atoms with Gasteiger partial charge in [0.1, 0.15) is 0 Å². The maximum Gasteiger partial charge on any atom is 0.256 e. The molecule has 0 radical (unpaired) electrons. The van der Waals surface area contributed by atoms with Crippen LogP contribution in [0.1, 0.15) is 10.4 Å². The second-order valence-corrected chi connectivity index (χ2v) is 7.89. The van der Waals surface area contributed by atoms with Gasteiger partial charge in [0.2, 0.25) is 10.0 Å². The van der Waals surface area contributed by atoms with Gasteiger partial charge >= 0.3 is 0 Å². The van der Waals surface area contributed by atoms with Crippen LogP contribution < -0.4 is 9.62 Å². The quantitative estimate of drug-likeness (QED) is 0.759. The Balaban J connectivity index is 2.25. The molecule has 0 saturated heterocycles. The minimum atomic E-state index is -3.34. The molecule has 0 spiro atoms. The van der Waals surface area contributed by atoms with Gasteiger partial charge in [0.05, 0.1) is 17.5 Å². The zero-order valence-corrected chi connectivity index (χ0v) is 15.1. The molecule has 2 rings (SSSR count). The predicted octanol–water partition coefficient (Wildman–Crippen LogP) is 2.94. The monoisotopic (exact) mass is 430 g/mol. The largest absolute Gasteiger partial charge is 0.322 e. The summed E-state index contributed by atoms with van der Waals surface area (Å²) in [7, 11) is -1.87. The Morgan fingerprint density at radius 3 is 2.45 bits per heavy atom. The van der Waals surface area contributed by atoms with Crippen LogP contribution in [0.2, 0.25) is 0 Å². The molecule has 5 nitrogen and oxygen atoms in total. The predicted molar refractivity (Wildman–Crippen MR) is 96.8 cm³/mol. The number of nitrogens with one attached hydrogen (secondary N) is 1. The average Bonchev–Trinajstić information content (AvgIpc) is 2.46. The smallest absolute Gasteiger partial charge is 0.256 e. The number of anilines is 2. The summed E-state index contributed by atoms with van der Waals surface area (Å²) in [5.74, 6) is -0.232. The van der Waals surface area contributed by atoms with Crippen LogP contribution in [-0.2, 0) is 10.0 Å². The maximum atomic E-state index is 12.3. The van der Waals surface area contributed by atoms with E-state index in [-0.39, 0.29) is 5.91 Å². The highest BCUT2D eigenvalue weighted by Gasteiger charge is 2.13. The van der Waals surface area contributed by atoms with Crippen LogP contribution in [0.3, 0.4) is 0 Å². The van der Waals surface area contributed by atoms with Crippen LogP contribution in [0.4, 0.5) is 11.4 Å². The molecule has 0 aromatic heterocycles. The molecule has 7 heteroatoms. The lowest BCUT2D eigenvalue weighted by atomic mass is 10.2. The van der Waals surface area contributed by atoms with Gasteiger partial charge in [-0.25, -0.2) is 8.42 Å². The van der Waals surface area contributed by atoms with Crippen LogP contribution in [0, 0.1) is 3.57 Å². The SMILES string of the molecule is CN(c1cccc(NC(=O)c2ccccc2I)c1)S(C)(=O)=O. The molecule has 0 fully saturated rings. The molecular weight excluding hydrogens is 415 g/mol.